The molecule has 1 amide bonds. The molecule has 0 saturated carbocycles. The van der Waals surface area contributed by atoms with Gasteiger partial charge in [-0.2, -0.15) is 0 Å². The number of methoxy groups -OCH3 is 2. The zero-order valence-corrected chi connectivity index (χ0v) is 15.4. The minimum absolute atomic E-state index is 0.0411. The number of thioether (sulfide) groups is 1. The van der Waals surface area contributed by atoms with Crippen molar-refractivity contribution < 1.29 is 19.1 Å². The monoisotopic (exact) mass is 379 g/mol. The van der Waals surface area contributed by atoms with E-state index in [1.807, 2.05) is 0 Å². The Morgan fingerprint density at radius 3 is 2.32 bits per heavy atom. The van der Waals surface area contributed by atoms with Gasteiger partial charge in [-0.25, -0.2) is 0 Å². The van der Waals surface area contributed by atoms with Crippen molar-refractivity contribution in [3.63, 3.8) is 0 Å². The summed E-state index contributed by atoms with van der Waals surface area (Å²) >= 11 is 7.05. The SMILES string of the molecule is COc1ccc(NC(=O)CSCC(=O)c2ccc(Cl)cc2)cc1OC. The van der Waals surface area contributed by atoms with Crippen LogP contribution in [0.5, 0.6) is 11.5 Å². The number of hydrogen-bond acceptors (Lipinski definition) is 5. The van der Waals surface area contributed by atoms with E-state index in [0.717, 1.165) is 0 Å². The van der Waals surface area contributed by atoms with E-state index in [4.69, 9.17) is 21.1 Å². The molecule has 0 bridgehead atoms. The Balaban J connectivity index is 1.82. The lowest BCUT2D eigenvalue weighted by Gasteiger charge is -2.10. The van der Waals surface area contributed by atoms with Crippen LogP contribution in [0.15, 0.2) is 42.5 Å². The lowest BCUT2D eigenvalue weighted by molar-refractivity contribution is -0.113. The van der Waals surface area contributed by atoms with E-state index in [-0.39, 0.29) is 23.2 Å². The number of benzene rings is 2. The molecule has 0 aliphatic rings. The molecule has 7 heteroatoms. The second-order valence-electron chi connectivity index (χ2n) is 5.04. The molecular weight excluding hydrogens is 362 g/mol. The normalized spacial score (nSPS) is 10.2. The largest absolute Gasteiger partial charge is 0.493 e. The summed E-state index contributed by atoms with van der Waals surface area (Å²) in [7, 11) is 3.08. The Labute approximate surface area is 155 Å². The molecule has 25 heavy (non-hydrogen) atoms. The van der Waals surface area contributed by atoms with Crippen molar-refractivity contribution in [1.29, 1.82) is 0 Å². The molecule has 2 rings (SSSR count). The number of amides is 1. The second kappa shape index (κ2) is 9.34. The van der Waals surface area contributed by atoms with E-state index in [9.17, 15) is 9.59 Å². The summed E-state index contributed by atoms with van der Waals surface area (Å²) in [6.45, 7) is 0. The van der Waals surface area contributed by atoms with Gasteiger partial charge in [0.15, 0.2) is 17.3 Å². The number of nitrogens with one attached hydrogen (secondary N) is 1. The van der Waals surface area contributed by atoms with Crippen molar-refractivity contribution in [1.82, 2.24) is 0 Å². The Hall–Kier alpha value is -2.18. The summed E-state index contributed by atoms with van der Waals surface area (Å²) in [5.74, 6) is 1.28. The van der Waals surface area contributed by atoms with E-state index in [1.54, 1.807) is 49.6 Å². The van der Waals surface area contributed by atoms with Crippen molar-refractivity contribution in [2.45, 2.75) is 0 Å². The quantitative estimate of drug-likeness (QED) is 0.704. The van der Waals surface area contributed by atoms with Crippen molar-refractivity contribution in [3.8, 4) is 11.5 Å². The minimum atomic E-state index is -0.193. The minimum Gasteiger partial charge on any atom is -0.493 e. The standard InChI is InChI=1S/C18H18ClNO4S/c1-23-16-8-7-14(9-17(16)24-2)20-18(22)11-25-10-15(21)12-3-5-13(19)6-4-12/h3-9H,10-11H2,1-2H3,(H,20,22). The molecule has 2 aromatic carbocycles. The van der Waals surface area contributed by atoms with Gasteiger partial charge in [0.25, 0.3) is 0 Å². The van der Waals surface area contributed by atoms with Gasteiger partial charge in [0.2, 0.25) is 5.91 Å². The summed E-state index contributed by atoms with van der Waals surface area (Å²) in [6.07, 6.45) is 0. The third kappa shape index (κ3) is 5.69. The molecule has 0 aliphatic carbocycles. The average molecular weight is 380 g/mol. The Bertz CT molecular complexity index is 749. The molecule has 0 saturated heterocycles. The van der Waals surface area contributed by atoms with Gasteiger partial charge in [-0.15, -0.1) is 11.8 Å². The number of ketones is 1. The summed E-state index contributed by atoms with van der Waals surface area (Å²) < 4.78 is 10.3. The van der Waals surface area contributed by atoms with Crippen LogP contribution in [0, 0.1) is 0 Å². The Kier molecular flexibility index (Phi) is 7.16. The maximum absolute atomic E-state index is 12.0. The number of hydrogen-bond donors (Lipinski definition) is 1. The summed E-state index contributed by atoms with van der Waals surface area (Å²) in [5, 5.41) is 3.35. The van der Waals surface area contributed by atoms with Crippen LogP contribution >= 0.6 is 23.4 Å². The first-order chi connectivity index (χ1) is 12.0. The summed E-state index contributed by atoms with van der Waals surface area (Å²) in [6, 6.07) is 11.8. The molecule has 0 radical (unpaired) electrons. The van der Waals surface area contributed by atoms with Gasteiger partial charge < -0.3 is 14.8 Å². The molecule has 132 valence electrons. The molecule has 0 fully saturated rings. The smallest absolute Gasteiger partial charge is 0.234 e. The van der Waals surface area contributed by atoms with Crippen LogP contribution in [0.4, 0.5) is 5.69 Å². The van der Waals surface area contributed by atoms with Gasteiger partial charge in [0.05, 0.1) is 25.7 Å². The van der Waals surface area contributed by atoms with Crippen molar-refractivity contribution in [3.05, 3.63) is 53.1 Å². The maximum Gasteiger partial charge on any atom is 0.234 e. The first-order valence-corrected chi connectivity index (χ1v) is 8.95. The summed E-state index contributed by atoms with van der Waals surface area (Å²) in [5.41, 5.74) is 1.18. The van der Waals surface area contributed by atoms with E-state index in [2.05, 4.69) is 5.32 Å². The third-order valence-corrected chi connectivity index (χ3v) is 4.48. The van der Waals surface area contributed by atoms with Crippen LogP contribution in [0.25, 0.3) is 0 Å². The third-order valence-electron chi connectivity index (χ3n) is 3.30. The van der Waals surface area contributed by atoms with Crippen molar-refractivity contribution >= 4 is 40.7 Å². The molecule has 0 spiro atoms. The highest BCUT2D eigenvalue weighted by Crippen LogP contribution is 2.29. The fourth-order valence-corrected chi connectivity index (χ4v) is 2.90. The number of anilines is 1. The first kappa shape index (κ1) is 19.1. The average Bonchev–Trinajstić information content (AvgIpc) is 2.62. The van der Waals surface area contributed by atoms with Crippen LogP contribution in [-0.2, 0) is 4.79 Å². The number of carbonyl (C=O) groups is 2. The Morgan fingerprint density at radius 1 is 1.00 bits per heavy atom. The highest BCUT2D eigenvalue weighted by atomic mass is 35.5. The maximum atomic E-state index is 12.0. The fourth-order valence-electron chi connectivity index (χ4n) is 2.07. The highest BCUT2D eigenvalue weighted by molar-refractivity contribution is 8.00. The number of Topliss-reactive ketones (excluding diaryl/α,β-unsaturated/α-hetero) is 1. The molecule has 5 nitrogen and oxygen atoms in total. The number of halogens is 1. The predicted octanol–water partition coefficient (Wildman–Crippen LogP) is 3.91. The second-order valence-corrected chi connectivity index (χ2v) is 6.46. The zero-order valence-electron chi connectivity index (χ0n) is 13.9. The Morgan fingerprint density at radius 2 is 1.68 bits per heavy atom. The van der Waals surface area contributed by atoms with Gasteiger partial charge in [-0.1, -0.05) is 11.6 Å². The van der Waals surface area contributed by atoms with Crippen LogP contribution in [0.2, 0.25) is 5.02 Å². The van der Waals surface area contributed by atoms with Gasteiger partial charge >= 0.3 is 0 Å². The van der Waals surface area contributed by atoms with Gasteiger partial charge in [0.1, 0.15) is 0 Å². The van der Waals surface area contributed by atoms with Crippen LogP contribution < -0.4 is 14.8 Å². The van der Waals surface area contributed by atoms with Gasteiger partial charge in [-0.05, 0) is 36.4 Å². The topological polar surface area (TPSA) is 64.6 Å². The number of rotatable bonds is 8. The highest BCUT2D eigenvalue weighted by Gasteiger charge is 2.10. The zero-order chi connectivity index (χ0) is 18.2. The molecule has 0 atom stereocenters. The molecular formula is C18H18ClNO4S. The van der Waals surface area contributed by atoms with E-state index >= 15 is 0 Å². The van der Waals surface area contributed by atoms with E-state index < -0.39 is 0 Å². The predicted molar refractivity (Wildman–Crippen MR) is 101 cm³/mol. The molecule has 0 aromatic heterocycles. The van der Waals surface area contributed by atoms with Gasteiger partial charge in [-0.3, -0.25) is 9.59 Å². The fraction of sp³-hybridized carbons (Fsp3) is 0.222. The number of ether oxygens (including phenoxy) is 2. The number of carbonyl (C=O) groups excluding carboxylic acids is 2. The van der Waals surface area contributed by atoms with Crippen LogP contribution in [0.3, 0.4) is 0 Å². The lowest BCUT2D eigenvalue weighted by atomic mass is 10.1. The van der Waals surface area contributed by atoms with Gasteiger partial charge in [0, 0.05) is 22.3 Å². The molecule has 0 heterocycles. The summed E-state index contributed by atoms with van der Waals surface area (Å²) in [4.78, 5) is 24.0. The van der Waals surface area contributed by atoms with Crippen molar-refractivity contribution in [2.75, 3.05) is 31.0 Å². The molecule has 2 aromatic rings. The van der Waals surface area contributed by atoms with Crippen LogP contribution in [-0.4, -0.2) is 37.4 Å². The lowest BCUT2D eigenvalue weighted by Crippen LogP contribution is -2.15. The molecule has 0 aliphatic heterocycles. The first-order valence-electron chi connectivity index (χ1n) is 7.42. The molecule has 1 N–H and O–H groups in total. The van der Waals surface area contributed by atoms with Crippen LogP contribution in [0.1, 0.15) is 10.4 Å². The van der Waals surface area contributed by atoms with E-state index in [0.29, 0.717) is 27.8 Å². The van der Waals surface area contributed by atoms with Crippen molar-refractivity contribution in [2.24, 2.45) is 0 Å². The molecule has 0 unspecified atom stereocenters. The van der Waals surface area contributed by atoms with E-state index in [1.165, 1.54) is 18.9 Å².